The van der Waals surface area contributed by atoms with Crippen LogP contribution >= 0.6 is 23.4 Å². The van der Waals surface area contributed by atoms with Crippen LogP contribution in [0.25, 0.3) is 0 Å². The molecule has 10 heteroatoms. The minimum Gasteiger partial charge on any atom is -0.495 e. The van der Waals surface area contributed by atoms with Crippen LogP contribution in [0, 0.1) is 6.92 Å². The van der Waals surface area contributed by atoms with Crippen LogP contribution in [0.15, 0.2) is 47.6 Å². The van der Waals surface area contributed by atoms with Crippen molar-refractivity contribution in [3.63, 3.8) is 0 Å². The summed E-state index contributed by atoms with van der Waals surface area (Å²) >= 11 is 7.32. The van der Waals surface area contributed by atoms with Gasteiger partial charge in [-0.25, -0.2) is 0 Å². The molecule has 0 saturated carbocycles. The Labute approximate surface area is 189 Å². The fourth-order valence-electron chi connectivity index (χ4n) is 2.77. The molecule has 2 amide bonds. The van der Waals surface area contributed by atoms with Gasteiger partial charge in [-0.15, -0.1) is 10.2 Å². The van der Waals surface area contributed by atoms with Gasteiger partial charge in [-0.05, 0) is 36.8 Å². The smallest absolute Gasteiger partial charge is 0.234 e. The van der Waals surface area contributed by atoms with Gasteiger partial charge in [0.15, 0.2) is 5.16 Å². The van der Waals surface area contributed by atoms with E-state index in [1.807, 2.05) is 19.1 Å². The lowest BCUT2D eigenvalue weighted by atomic mass is 10.2. The Morgan fingerprint density at radius 2 is 1.77 bits per heavy atom. The number of carbonyl (C=O) groups excluding carboxylic acids is 2. The van der Waals surface area contributed by atoms with E-state index < -0.39 is 0 Å². The summed E-state index contributed by atoms with van der Waals surface area (Å²) in [5.74, 6) is 0.775. The lowest BCUT2D eigenvalue weighted by Crippen LogP contribution is -2.17. The van der Waals surface area contributed by atoms with E-state index in [2.05, 4.69) is 20.8 Å². The molecule has 0 bridgehead atoms. The van der Waals surface area contributed by atoms with E-state index in [-0.39, 0.29) is 24.0 Å². The number of carbonyl (C=O) groups is 2. The van der Waals surface area contributed by atoms with E-state index in [0.717, 1.165) is 5.56 Å². The Morgan fingerprint density at radius 3 is 2.55 bits per heavy atom. The Morgan fingerprint density at radius 1 is 1.06 bits per heavy atom. The summed E-state index contributed by atoms with van der Waals surface area (Å²) in [7, 11) is 3.30. The summed E-state index contributed by atoms with van der Waals surface area (Å²) in [4.78, 5) is 24.7. The number of ether oxygens (including phenoxy) is 1. The van der Waals surface area contributed by atoms with Crippen molar-refractivity contribution < 1.29 is 14.3 Å². The van der Waals surface area contributed by atoms with Gasteiger partial charge in [0.25, 0.3) is 0 Å². The summed E-state index contributed by atoms with van der Waals surface area (Å²) in [5, 5.41) is 14.9. The molecule has 0 radical (unpaired) electrons. The molecule has 2 N–H and O–H groups in total. The number of amides is 2. The maximum atomic E-state index is 12.4. The van der Waals surface area contributed by atoms with Gasteiger partial charge < -0.3 is 19.9 Å². The monoisotopic (exact) mass is 459 g/mol. The summed E-state index contributed by atoms with van der Waals surface area (Å²) in [6, 6.07) is 12.5. The molecule has 0 aliphatic heterocycles. The predicted molar refractivity (Wildman–Crippen MR) is 122 cm³/mol. The molecule has 0 atom stereocenters. The molecule has 162 valence electrons. The van der Waals surface area contributed by atoms with Crippen LogP contribution in [0.5, 0.6) is 5.75 Å². The number of para-hydroxylation sites is 2. The first-order valence-corrected chi connectivity index (χ1v) is 10.7. The molecule has 1 heterocycles. The number of halogens is 1. The molecular weight excluding hydrogens is 438 g/mol. The molecule has 0 fully saturated rings. The van der Waals surface area contributed by atoms with Crippen molar-refractivity contribution in [3.8, 4) is 5.75 Å². The van der Waals surface area contributed by atoms with E-state index in [1.54, 1.807) is 49.1 Å². The highest BCUT2D eigenvalue weighted by atomic mass is 35.5. The first-order chi connectivity index (χ1) is 14.9. The van der Waals surface area contributed by atoms with Crippen LogP contribution < -0.4 is 15.4 Å². The normalized spacial score (nSPS) is 10.6. The van der Waals surface area contributed by atoms with Crippen molar-refractivity contribution in [3.05, 3.63) is 58.9 Å². The molecule has 31 heavy (non-hydrogen) atoms. The van der Waals surface area contributed by atoms with Gasteiger partial charge in [-0.3, -0.25) is 9.59 Å². The van der Waals surface area contributed by atoms with Crippen LogP contribution in [-0.2, 0) is 23.1 Å². The SMILES string of the molecule is COc1ccccc1NC(=O)Cc1nnc(SCC(=O)Nc2cccc(Cl)c2C)n1C. The van der Waals surface area contributed by atoms with Gasteiger partial charge >= 0.3 is 0 Å². The van der Waals surface area contributed by atoms with Crippen LogP contribution in [0.2, 0.25) is 5.02 Å². The van der Waals surface area contributed by atoms with E-state index in [1.165, 1.54) is 11.8 Å². The quantitative estimate of drug-likeness (QED) is 0.498. The number of hydrogen-bond donors (Lipinski definition) is 2. The van der Waals surface area contributed by atoms with Crippen molar-refractivity contribution in [2.45, 2.75) is 18.5 Å². The van der Waals surface area contributed by atoms with Crippen molar-refractivity contribution in [2.24, 2.45) is 7.05 Å². The number of anilines is 2. The molecule has 0 spiro atoms. The van der Waals surface area contributed by atoms with Crippen LogP contribution in [-0.4, -0.2) is 39.4 Å². The lowest BCUT2D eigenvalue weighted by molar-refractivity contribution is -0.116. The number of benzene rings is 2. The second-order valence-electron chi connectivity index (χ2n) is 6.63. The minimum absolute atomic E-state index is 0.0377. The van der Waals surface area contributed by atoms with Crippen LogP contribution in [0.3, 0.4) is 0 Å². The fraction of sp³-hybridized carbons (Fsp3) is 0.238. The standard InChI is InChI=1S/C21H22ClN5O3S/c1-13-14(22)7-6-9-15(13)23-20(29)12-31-21-26-25-18(27(21)2)11-19(28)24-16-8-4-5-10-17(16)30-3/h4-10H,11-12H2,1-3H3,(H,23,29)(H,24,28). The molecule has 0 aliphatic carbocycles. The van der Waals surface area contributed by atoms with Gasteiger partial charge in [0.1, 0.15) is 11.6 Å². The topological polar surface area (TPSA) is 98.1 Å². The Hall–Kier alpha value is -3.04. The average molecular weight is 460 g/mol. The van der Waals surface area contributed by atoms with Gasteiger partial charge in [-0.2, -0.15) is 0 Å². The Kier molecular flexibility index (Phi) is 7.54. The molecule has 0 aliphatic rings. The molecule has 0 unspecified atom stereocenters. The average Bonchev–Trinajstić information content (AvgIpc) is 3.09. The number of rotatable bonds is 8. The summed E-state index contributed by atoms with van der Waals surface area (Å²) in [5.41, 5.74) is 2.06. The fourth-order valence-corrected chi connectivity index (χ4v) is 3.67. The third-order valence-corrected chi connectivity index (χ3v) is 5.93. The molecule has 2 aromatic carbocycles. The zero-order valence-corrected chi connectivity index (χ0v) is 18.9. The van der Waals surface area contributed by atoms with Gasteiger partial charge in [0, 0.05) is 17.8 Å². The van der Waals surface area contributed by atoms with E-state index in [4.69, 9.17) is 16.3 Å². The van der Waals surface area contributed by atoms with E-state index in [0.29, 0.717) is 33.1 Å². The predicted octanol–water partition coefficient (Wildman–Crippen LogP) is 3.70. The van der Waals surface area contributed by atoms with Gasteiger partial charge in [0.2, 0.25) is 11.8 Å². The highest BCUT2D eigenvalue weighted by Crippen LogP contribution is 2.25. The van der Waals surface area contributed by atoms with Crippen molar-refractivity contribution in [1.29, 1.82) is 0 Å². The molecule has 3 aromatic rings. The van der Waals surface area contributed by atoms with Crippen molar-refractivity contribution >= 4 is 46.6 Å². The molecule has 8 nitrogen and oxygen atoms in total. The lowest BCUT2D eigenvalue weighted by Gasteiger charge is -2.10. The van der Waals surface area contributed by atoms with Gasteiger partial charge in [-0.1, -0.05) is 41.6 Å². The first kappa shape index (κ1) is 22.6. The van der Waals surface area contributed by atoms with Crippen LogP contribution in [0.1, 0.15) is 11.4 Å². The largest absolute Gasteiger partial charge is 0.495 e. The number of methoxy groups -OCH3 is 1. The van der Waals surface area contributed by atoms with Crippen LogP contribution in [0.4, 0.5) is 11.4 Å². The second-order valence-corrected chi connectivity index (χ2v) is 7.98. The molecule has 0 saturated heterocycles. The molecule has 1 aromatic heterocycles. The number of nitrogens with zero attached hydrogens (tertiary/aromatic N) is 3. The third kappa shape index (κ3) is 5.77. The summed E-state index contributed by atoms with van der Waals surface area (Å²) in [6.45, 7) is 1.84. The maximum absolute atomic E-state index is 12.4. The highest BCUT2D eigenvalue weighted by Gasteiger charge is 2.16. The van der Waals surface area contributed by atoms with Crippen molar-refractivity contribution in [2.75, 3.05) is 23.5 Å². The third-order valence-electron chi connectivity index (χ3n) is 4.50. The molecule has 3 rings (SSSR count). The summed E-state index contributed by atoms with van der Waals surface area (Å²) < 4.78 is 6.94. The van der Waals surface area contributed by atoms with E-state index >= 15 is 0 Å². The van der Waals surface area contributed by atoms with E-state index in [9.17, 15) is 9.59 Å². The number of thioether (sulfide) groups is 1. The number of aromatic nitrogens is 3. The van der Waals surface area contributed by atoms with Gasteiger partial charge in [0.05, 0.1) is 25.0 Å². The minimum atomic E-state index is -0.245. The summed E-state index contributed by atoms with van der Waals surface area (Å²) in [6.07, 6.45) is 0.0377. The molecular formula is C21H22ClN5O3S. The maximum Gasteiger partial charge on any atom is 0.234 e. The zero-order chi connectivity index (χ0) is 22.4. The zero-order valence-electron chi connectivity index (χ0n) is 17.3. The Balaban J connectivity index is 1.56. The number of hydrogen-bond acceptors (Lipinski definition) is 6. The Bertz CT molecular complexity index is 1100. The number of nitrogens with one attached hydrogen (secondary N) is 2. The first-order valence-electron chi connectivity index (χ1n) is 9.38. The highest BCUT2D eigenvalue weighted by molar-refractivity contribution is 7.99. The second kappa shape index (κ2) is 10.3. The van der Waals surface area contributed by atoms with Crippen molar-refractivity contribution in [1.82, 2.24) is 14.8 Å².